The highest BCUT2D eigenvalue weighted by atomic mass is 127. The van der Waals surface area contributed by atoms with Gasteiger partial charge in [-0.15, -0.1) is 0 Å². The lowest BCUT2D eigenvalue weighted by Gasteiger charge is -2.28. The van der Waals surface area contributed by atoms with Crippen molar-refractivity contribution in [3.05, 3.63) is 251 Å². The number of carbonyl (C=O) groups excluding carboxylic acids is 4. The number of fused-ring (bicyclic) bond motifs is 3. The van der Waals surface area contributed by atoms with Crippen LogP contribution in [0.25, 0.3) is 66.5 Å². The number of imidazole rings is 3. The zero-order valence-corrected chi connectivity index (χ0v) is 84.2. The lowest BCUT2D eigenvalue weighted by molar-refractivity contribution is -0.151. The molecule has 13 aromatic rings. The summed E-state index contributed by atoms with van der Waals surface area (Å²) in [7, 11) is -6.76. The van der Waals surface area contributed by atoms with E-state index in [1.54, 1.807) is 102 Å². The standard InChI is InChI=1S/2C35H38FN6O6P.C22H27FN6O3.C6H12O2.2CH4.BI/c2*1-4-37-34(43)42-33-40-27-18-26(30(36)29(31(27)41-33)28-16-11-17-45-28)25-19-38-32(39-20-25)35(2,3)48-49(44,46-21-23-12-7-5-8-13-23)47-22-24-14-9-6-10-15-24;1-5-24-21(30)29-20-27-14-9-13(12-10-25-19(26-11-12)22(2,3)31-4)17(23)16(18(14)28-20)15-7-6-8-32-15;1-5(7)8-6(2,3)4;;;1-2/h2*5-10,12-15,18-20,28H,4,11,16-17,21-22H2,1-3H3,(H3,37,40,41,42,43);9-11,15H,5-8H2,1-4H3,(H3,24,27,28,29,30);1-4H3;2*1H4;/t2*28-;15-;;;;/m111..../s1. The van der Waals surface area contributed by atoms with Gasteiger partial charge in [0.15, 0.2) is 23.2 Å². The summed E-state index contributed by atoms with van der Waals surface area (Å²) in [6.07, 6.45) is 12.0. The fourth-order valence-corrected chi connectivity index (χ4v) is 18.0. The molecule has 142 heavy (non-hydrogen) atoms. The zero-order chi connectivity index (χ0) is 101. The van der Waals surface area contributed by atoms with Crippen molar-refractivity contribution in [3.8, 4) is 33.4 Å². The largest absolute Gasteiger partial charge is 0.476 e. The molecule has 0 aliphatic carbocycles. The van der Waals surface area contributed by atoms with Gasteiger partial charge in [0.2, 0.25) is 17.8 Å². The van der Waals surface area contributed by atoms with Crippen LogP contribution in [0.4, 0.5) is 45.4 Å². The number of amides is 6. The maximum atomic E-state index is 16.4. The van der Waals surface area contributed by atoms with Crippen LogP contribution in [0.15, 0.2) is 177 Å². The molecule has 3 saturated heterocycles. The fourth-order valence-electron chi connectivity index (χ4n) is 15.1. The third kappa shape index (κ3) is 30.1. The summed E-state index contributed by atoms with van der Waals surface area (Å²) < 4.78 is 140. The highest BCUT2D eigenvalue weighted by molar-refractivity contribution is 14.1. The molecule has 3 aliphatic rings. The second kappa shape index (κ2) is 51.4. The van der Waals surface area contributed by atoms with E-state index in [-0.39, 0.29) is 93.5 Å². The van der Waals surface area contributed by atoms with E-state index in [0.29, 0.717) is 137 Å². The number of carbonyl (C=O) groups is 4. The molecule has 7 aromatic carbocycles. The Morgan fingerprint density at radius 2 is 0.683 bits per heavy atom. The second-order valence-electron chi connectivity index (χ2n) is 34.8. The Kier molecular flexibility index (Phi) is 40.5. The molecule has 6 aromatic heterocycles. The number of aromatic nitrogens is 12. The first-order valence-corrected chi connectivity index (χ1v) is 49.7. The number of phosphoric ester groups is 2. The van der Waals surface area contributed by atoms with Gasteiger partial charge in [-0.2, -0.15) is 22.4 Å². The van der Waals surface area contributed by atoms with Gasteiger partial charge in [-0.1, -0.05) is 136 Å². The lowest BCUT2D eigenvalue weighted by Crippen LogP contribution is -2.28. The molecule has 9 heterocycles. The number of phosphoric acid groups is 2. The summed E-state index contributed by atoms with van der Waals surface area (Å²) in [4.78, 5) is 95.8. The number of esters is 1. The minimum absolute atomic E-state index is 0. The van der Waals surface area contributed by atoms with Crippen molar-refractivity contribution in [1.29, 1.82) is 0 Å². The number of nitrogens with zero attached hydrogens (tertiary/aromatic N) is 9. The van der Waals surface area contributed by atoms with Gasteiger partial charge in [0.05, 0.1) is 77.8 Å². The maximum Gasteiger partial charge on any atom is 0.476 e. The summed E-state index contributed by atoms with van der Waals surface area (Å²) in [6, 6.07) is 40.7. The number of hydrogen-bond acceptors (Lipinski definition) is 26. The Hall–Kier alpha value is -11.9. The first kappa shape index (κ1) is 112. The third-order valence-electron chi connectivity index (χ3n) is 21.8. The van der Waals surface area contributed by atoms with Crippen molar-refractivity contribution in [2.24, 2.45) is 0 Å². The predicted molar refractivity (Wildman–Crippen MR) is 546 cm³/mol. The van der Waals surface area contributed by atoms with E-state index in [0.717, 1.165) is 41.5 Å². The van der Waals surface area contributed by atoms with Gasteiger partial charge in [-0.05, 0) is 162 Å². The molecule has 9 N–H and O–H groups in total. The number of benzene rings is 7. The van der Waals surface area contributed by atoms with Crippen molar-refractivity contribution in [3.63, 3.8) is 0 Å². The molecule has 3 atom stereocenters. The molecule has 3 fully saturated rings. The molecule has 2 radical (unpaired) electrons. The van der Waals surface area contributed by atoms with Crippen molar-refractivity contribution in [2.45, 2.75) is 211 Å². The molecule has 3 aliphatic heterocycles. The molecule has 0 spiro atoms. The Bertz CT molecular complexity index is 6050. The molecule has 0 saturated carbocycles. The van der Waals surface area contributed by atoms with E-state index in [1.807, 2.05) is 163 Å². The number of urea groups is 3. The normalized spacial score (nSPS) is 14.8. The quantitative estimate of drug-likeness (QED) is 0.00818. The number of hydrogen-bond donors (Lipinski definition) is 9. The molecule has 0 bridgehead atoms. The molecule has 16 rings (SSSR count). The minimum Gasteiger partial charge on any atom is -0.460 e. The fraction of sp³-hybridized carbons (Fsp3) is 0.390. The molecule has 6 amide bonds. The second-order valence-corrected chi connectivity index (χ2v) is 38.0. The number of anilines is 3. The smallest absolute Gasteiger partial charge is 0.460 e. The average Bonchev–Trinajstić information content (AvgIpc) is 1.58. The summed E-state index contributed by atoms with van der Waals surface area (Å²) in [5, 5.41) is 15.9. The van der Waals surface area contributed by atoms with E-state index < -0.39 is 86.3 Å². The van der Waals surface area contributed by atoms with E-state index in [4.69, 9.17) is 50.8 Å². The van der Waals surface area contributed by atoms with Crippen LogP contribution in [0.1, 0.15) is 218 Å². The van der Waals surface area contributed by atoms with Gasteiger partial charge in [0.1, 0.15) is 39.9 Å². The Balaban J connectivity index is 0.000000211. The summed E-state index contributed by atoms with van der Waals surface area (Å²) in [6.45, 7) is 25.6. The topological polar surface area (TPSA) is 440 Å². The minimum atomic E-state index is -4.17. The number of nitrogens with one attached hydrogen (secondary N) is 9. The van der Waals surface area contributed by atoms with Gasteiger partial charge in [-0.25, -0.2) is 81.5 Å². The number of rotatable bonds is 32. The lowest BCUT2D eigenvalue weighted by atomic mass is 9.98. The van der Waals surface area contributed by atoms with Crippen molar-refractivity contribution in [1.82, 2.24) is 75.8 Å². The number of aromatic amines is 3. The number of ether oxygens (including phenoxy) is 5. The molecule has 756 valence electrons. The van der Waals surface area contributed by atoms with Gasteiger partial charge < -0.3 is 54.6 Å². The first-order chi connectivity index (χ1) is 67.0. The Morgan fingerprint density at radius 1 is 0.430 bits per heavy atom. The first-order valence-electron chi connectivity index (χ1n) is 45.5. The van der Waals surface area contributed by atoms with Crippen LogP contribution >= 0.6 is 38.0 Å². The Morgan fingerprint density at radius 3 is 0.894 bits per heavy atom. The van der Waals surface area contributed by atoms with Crippen LogP contribution in [-0.2, 0) is 108 Å². The molecular formula is C100H123BF3IN18O17P2. The molecule has 0 unspecified atom stereocenters. The van der Waals surface area contributed by atoms with E-state index in [2.05, 4.69) is 97.4 Å². The van der Waals surface area contributed by atoms with Crippen LogP contribution < -0.4 is 31.9 Å². The van der Waals surface area contributed by atoms with Crippen molar-refractivity contribution < 1.29 is 92.3 Å². The van der Waals surface area contributed by atoms with Gasteiger partial charge >= 0.3 is 39.7 Å². The molecular weight excluding hydrogens is 1980 g/mol. The number of halogens is 4. The van der Waals surface area contributed by atoms with Crippen LogP contribution in [-0.4, -0.2) is 142 Å². The predicted octanol–water partition coefficient (Wildman–Crippen LogP) is 23.0. The highest BCUT2D eigenvalue weighted by Gasteiger charge is 2.42. The number of H-pyrrole nitrogens is 3. The van der Waals surface area contributed by atoms with Crippen molar-refractivity contribution in [2.75, 3.05) is 62.5 Å². The summed E-state index contributed by atoms with van der Waals surface area (Å²) in [5.41, 5.74) is 9.77. The van der Waals surface area contributed by atoms with E-state index in [1.165, 1.54) is 31.7 Å². The van der Waals surface area contributed by atoms with Crippen LogP contribution in [0.2, 0.25) is 0 Å². The van der Waals surface area contributed by atoms with Gasteiger partial charge in [0, 0.05) is 141 Å². The third-order valence-corrected chi connectivity index (χ3v) is 24.9. The SMILES string of the molecule is C.C.CC(=O)OC(C)(C)C.CCNC(=O)Nc1nc2c([C@H]3CCCO3)c(F)c(-c3cnc(C(C)(C)OC)nc3)cc2[nH]1.CCNC(=O)Nc1nc2c([C@H]3CCCO3)c(F)c(-c3cnc(C(C)(C)OP(=O)(OCc4ccccc4)OCc4ccccc4)nc3)cc2[nH]1.CCNC(=O)Nc1nc2c([C@H]3CCCO3)c(F)c(-c3cnc(C(C)(C)OP(=O)(OCc4ccccc4)OCc4ccccc4)nc3)cc2[nH]1.[B]I. The Labute approximate surface area is 838 Å². The van der Waals surface area contributed by atoms with Crippen LogP contribution in [0.3, 0.4) is 0 Å². The summed E-state index contributed by atoms with van der Waals surface area (Å²) in [5.74, 6) is -0.245. The van der Waals surface area contributed by atoms with E-state index >= 15 is 13.2 Å². The van der Waals surface area contributed by atoms with Crippen molar-refractivity contribution >= 4 is 119 Å². The van der Waals surface area contributed by atoms with Crippen LogP contribution in [0, 0.1) is 17.5 Å². The maximum absolute atomic E-state index is 16.4. The van der Waals surface area contributed by atoms with Gasteiger partial charge in [-0.3, -0.25) is 47.9 Å². The molecule has 42 heteroatoms. The average molecular weight is 2110 g/mol. The monoisotopic (exact) mass is 2100 g/mol. The summed E-state index contributed by atoms with van der Waals surface area (Å²) >= 11 is 1.65. The van der Waals surface area contributed by atoms with Crippen LogP contribution in [0.5, 0.6) is 0 Å². The highest BCUT2D eigenvalue weighted by Crippen LogP contribution is 2.58. The number of methoxy groups -OCH3 is 1. The van der Waals surface area contributed by atoms with E-state index in [9.17, 15) is 28.3 Å². The zero-order valence-electron chi connectivity index (χ0n) is 80.2. The van der Waals surface area contributed by atoms with Gasteiger partial charge in [0.25, 0.3) is 0 Å². The molecule has 35 nitrogen and oxygen atoms in total.